The highest BCUT2D eigenvalue weighted by Gasteiger charge is 2.56. The molecule has 0 aliphatic carbocycles. The van der Waals surface area contributed by atoms with Crippen LogP contribution in [0.2, 0.25) is 0 Å². The number of anilines is 2. The molecule has 0 radical (unpaired) electrons. The number of hydrogen-bond acceptors (Lipinski definition) is 4. The lowest BCUT2D eigenvalue weighted by Crippen LogP contribution is -2.50. The van der Waals surface area contributed by atoms with Gasteiger partial charge < -0.3 is 9.64 Å². The number of carbonyl (C=O) groups is 2. The second-order valence-corrected chi connectivity index (χ2v) is 7.79. The highest BCUT2D eigenvalue weighted by atomic mass is 16.5. The van der Waals surface area contributed by atoms with Gasteiger partial charge in [-0.15, -0.1) is 0 Å². The van der Waals surface area contributed by atoms with Gasteiger partial charge in [-0.05, 0) is 43.2 Å². The Labute approximate surface area is 175 Å². The number of carbonyl (C=O) groups excluding carboxylic acids is 2. The molecule has 5 rings (SSSR count). The molecule has 2 aliphatic rings. The summed E-state index contributed by atoms with van der Waals surface area (Å²) in [6, 6.07) is 23.5. The van der Waals surface area contributed by atoms with Crippen LogP contribution in [0.15, 0.2) is 72.8 Å². The number of rotatable bonds is 4. The van der Waals surface area contributed by atoms with E-state index in [1.807, 2.05) is 53.4 Å². The van der Waals surface area contributed by atoms with E-state index >= 15 is 0 Å². The van der Waals surface area contributed by atoms with Crippen LogP contribution in [0.3, 0.4) is 0 Å². The fraction of sp³-hybridized carbons (Fsp3) is 0.200. The van der Waals surface area contributed by atoms with Crippen LogP contribution in [0.5, 0.6) is 0 Å². The Morgan fingerprint density at radius 1 is 0.967 bits per heavy atom. The zero-order chi connectivity index (χ0) is 20.9. The minimum atomic E-state index is -0.639. The van der Waals surface area contributed by atoms with Crippen LogP contribution in [-0.2, 0) is 16.8 Å². The average Bonchev–Trinajstić information content (AvgIpc) is 3.17. The van der Waals surface area contributed by atoms with Crippen LogP contribution in [0.1, 0.15) is 38.8 Å². The first-order valence-electron chi connectivity index (χ1n) is 10.0. The molecule has 0 saturated heterocycles. The molecule has 0 N–H and O–H groups in total. The second kappa shape index (κ2) is 6.73. The number of amides is 1. The van der Waals surface area contributed by atoms with E-state index in [1.54, 1.807) is 12.1 Å². The molecule has 2 heterocycles. The quantitative estimate of drug-likeness (QED) is 0.613. The van der Waals surface area contributed by atoms with Crippen LogP contribution in [-0.4, -0.2) is 25.5 Å². The van der Waals surface area contributed by atoms with Gasteiger partial charge in [0.05, 0.1) is 24.0 Å². The SMILES string of the molecule is COC(=O)c1ccc2c(c1)N1C(=O)c3ccccc3C1(C)N2CCc1ccccc1. The van der Waals surface area contributed by atoms with E-state index in [0.29, 0.717) is 11.1 Å². The zero-order valence-corrected chi connectivity index (χ0v) is 17.0. The molecule has 1 atom stereocenters. The van der Waals surface area contributed by atoms with E-state index in [2.05, 4.69) is 24.0 Å². The first-order chi connectivity index (χ1) is 14.6. The monoisotopic (exact) mass is 398 g/mol. The molecule has 5 nitrogen and oxygen atoms in total. The van der Waals surface area contributed by atoms with E-state index < -0.39 is 11.6 Å². The van der Waals surface area contributed by atoms with E-state index in [0.717, 1.165) is 29.9 Å². The summed E-state index contributed by atoms with van der Waals surface area (Å²) in [5.74, 6) is -0.454. The molecule has 0 aromatic heterocycles. The van der Waals surface area contributed by atoms with Gasteiger partial charge in [0.15, 0.2) is 0 Å². The maximum atomic E-state index is 13.4. The molecule has 150 valence electrons. The van der Waals surface area contributed by atoms with Crippen molar-refractivity contribution in [2.75, 3.05) is 23.5 Å². The third-order valence-corrected chi connectivity index (χ3v) is 6.23. The number of fused-ring (bicyclic) bond motifs is 5. The van der Waals surface area contributed by atoms with Gasteiger partial charge in [0.25, 0.3) is 5.91 Å². The molecule has 2 aliphatic heterocycles. The van der Waals surface area contributed by atoms with Crippen molar-refractivity contribution in [2.45, 2.75) is 19.0 Å². The van der Waals surface area contributed by atoms with E-state index in [1.165, 1.54) is 12.7 Å². The van der Waals surface area contributed by atoms with Crippen LogP contribution in [0.25, 0.3) is 0 Å². The van der Waals surface area contributed by atoms with Crippen molar-refractivity contribution in [3.05, 3.63) is 95.1 Å². The Morgan fingerprint density at radius 2 is 1.70 bits per heavy atom. The maximum absolute atomic E-state index is 13.4. The normalized spacial score (nSPS) is 18.8. The first kappa shape index (κ1) is 18.4. The molecule has 30 heavy (non-hydrogen) atoms. The van der Waals surface area contributed by atoms with Gasteiger partial charge in [0, 0.05) is 17.7 Å². The molecule has 5 heteroatoms. The highest BCUT2D eigenvalue weighted by Crippen LogP contribution is 2.55. The van der Waals surface area contributed by atoms with E-state index in [4.69, 9.17) is 4.74 Å². The molecule has 3 aromatic carbocycles. The van der Waals surface area contributed by atoms with Gasteiger partial charge in [0.1, 0.15) is 5.66 Å². The Balaban J connectivity index is 1.64. The Kier molecular flexibility index (Phi) is 4.13. The topological polar surface area (TPSA) is 49.9 Å². The summed E-state index contributed by atoms with van der Waals surface area (Å²) in [6.45, 7) is 2.82. The van der Waals surface area contributed by atoms with Crippen molar-refractivity contribution in [1.82, 2.24) is 0 Å². The zero-order valence-electron chi connectivity index (χ0n) is 17.0. The molecular formula is C25H22N2O3. The molecule has 1 unspecified atom stereocenters. The van der Waals surface area contributed by atoms with Crippen molar-refractivity contribution in [3.8, 4) is 0 Å². The minimum Gasteiger partial charge on any atom is -0.465 e. The van der Waals surface area contributed by atoms with Crippen LogP contribution < -0.4 is 9.80 Å². The Morgan fingerprint density at radius 3 is 2.47 bits per heavy atom. The summed E-state index contributed by atoms with van der Waals surface area (Å²) in [4.78, 5) is 29.6. The summed E-state index contributed by atoms with van der Waals surface area (Å²) in [5.41, 5.74) is 4.42. The van der Waals surface area contributed by atoms with Crippen LogP contribution in [0.4, 0.5) is 11.4 Å². The molecule has 0 spiro atoms. The van der Waals surface area contributed by atoms with Crippen molar-refractivity contribution >= 4 is 23.3 Å². The fourth-order valence-electron chi connectivity index (χ4n) is 4.77. The van der Waals surface area contributed by atoms with Crippen LogP contribution >= 0.6 is 0 Å². The van der Waals surface area contributed by atoms with Gasteiger partial charge in [-0.25, -0.2) is 4.79 Å². The summed E-state index contributed by atoms with van der Waals surface area (Å²) in [6.07, 6.45) is 0.846. The second-order valence-electron chi connectivity index (χ2n) is 7.79. The first-order valence-corrected chi connectivity index (χ1v) is 10.0. The van der Waals surface area contributed by atoms with Gasteiger partial charge in [-0.2, -0.15) is 0 Å². The predicted octanol–water partition coefficient (Wildman–Crippen LogP) is 4.37. The highest BCUT2D eigenvalue weighted by molar-refractivity contribution is 6.16. The van der Waals surface area contributed by atoms with Gasteiger partial charge in [0.2, 0.25) is 0 Å². The van der Waals surface area contributed by atoms with Crippen LogP contribution in [0, 0.1) is 0 Å². The third kappa shape index (κ3) is 2.48. The maximum Gasteiger partial charge on any atom is 0.337 e. The number of benzene rings is 3. The number of ether oxygens (including phenoxy) is 1. The lowest BCUT2D eigenvalue weighted by molar-refractivity contribution is 0.0600. The predicted molar refractivity (Wildman–Crippen MR) is 116 cm³/mol. The summed E-state index contributed by atoms with van der Waals surface area (Å²) in [7, 11) is 1.36. The fourth-order valence-corrected chi connectivity index (χ4v) is 4.77. The number of methoxy groups -OCH3 is 1. The van der Waals surface area contributed by atoms with Gasteiger partial charge in [-0.1, -0.05) is 48.5 Å². The number of hydrogen-bond donors (Lipinski definition) is 0. The van der Waals surface area contributed by atoms with E-state index in [9.17, 15) is 9.59 Å². The lowest BCUT2D eigenvalue weighted by Gasteiger charge is -2.38. The molecule has 0 bridgehead atoms. The number of esters is 1. The smallest absolute Gasteiger partial charge is 0.337 e. The average molecular weight is 398 g/mol. The van der Waals surface area contributed by atoms with Gasteiger partial charge >= 0.3 is 5.97 Å². The minimum absolute atomic E-state index is 0.0430. The van der Waals surface area contributed by atoms with Crippen molar-refractivity contribution in [2.24, 2.45) is 0 Å². The summed E-state index contributed by atoms with van der Waals surface area (Å²) in [5, 5.41) is 0. The summed E-state index contributed by atoms with van der Waals surface area (Å²) < 4.78 is 4.90. The number of nitrogens with zero attached hydrogens (tertiary/aromatic N) is 2. The summed E-state index contributed by atoms with van der Waals surface area (Å²) >= 11 is 0. The van der Waals surface area contributed by atoms with Crippen molar-refractivity contribution in [1.29, 1.82) is 0 Å². The molecule has 0 saturated carbocycles. The van der Waals surface area contributed by atoms with Crippen molar-refractivity contribution < 1.29 is 14.3 Å². The third-order valence-electron chi connectivity index (χ3n) is 6.23. The Hall–Kier alpha value is -3.60. The Bertz CT molecular complexity index is 1160. The molecule has 3 aromatic rings. The molecule has 1 amide bonds. The van der Waals surface area contributed by atoms with Crippen molar-refractivity contribution in [3.63, 3.8) is 0 Å². The standard InChI is InChI=1S/C25H22N2O3/c1-25-20-11-7-6-10-19(20)23(28)27(25)22-16-18(24(29)30-2)12-13-21(22)26(25)15-14-17-8-4-3-5-9-17/h3-13,16H,14-15H2,1-2H3. The van der Waals surface area contributed by atoms with E-state index in [-0.39, 0.29) is 5.91 Å². The molecular weight excluding hydrogens is 376 g/mol. The largest absolute Gasteiger partial charge is 0.465 e. The molecule has 0 fully saturated rings. The lowest BCUT2D eigenvalue weighted by atomic mass is 9.98. The van der Waals surface area contributed by atoms with Gasteiger partial charge in [-0.3, -0.25) is 9.69 Å².